The molecule has 176 valence electrons. The maximum atomic E-state index is 14.1. The SMILES string of the molecule is CCOC(=O)C[C@H]1[C@H](Cc2ccccc2)N(Cc2ccc(OC)cc2)C(=O)C12CCCCC2. The van der Waals surface area contributed by atoms with Crippen molar-refractivity contribution in [2.45, 2.75) is 64.5 Å². The normalized spacial score (nSPS) is 21.9. The lowest BCUT2D eigenvalue weighted by atomic mass is 9.64. The van der Waals surface area contributed by atoms with Crippen LogP contribution in [0, 0.1) is 11.3 Å². The number of ether oxygens (including phenoxy) is 2. The van der Waals surface area contributed by atoms with E-state index >= 15 is 0 Å². The Morgan fingerprint density at radius 3 is 2.33 bits per heavy atom. The van der Waals surface area contributed by atoms with Crippen LogP contribution in [0.4, 0.5) is 0 Å². The third-order valence-corrected chi connectivity index (χ3v) is 7.50. The van der Waals surface area contributed by atoms with Gasteiger partial charge in [0.1, 0.15) is 5.75 Å². The van der Waals surface area contributed by atoms with Gasteiger partial charge in [-0.25, -0.2) is 0 Å². The quantitative estimate of drug-likeness (QED) is 0.522. The van der Waals surface area contributed by atoms with E-state index in [0.29, 0.717) is 19.6 Å². The molecule has 1 amide bonds. The number of amides is 1. The van der Waals surface area contributed by atoms with E-state index < -0.39 is 5.41 Å². The van der Waals surface area contributed by atoms with Gasteiger partial charge in [0, 0.05) is 18.5 Å². The summed E-state index contributed by atoms with van der Waals surface area (Å²) in [4.78, 5) is 28.9. The molecule has 0 bridgehead atoms. The Morgan fingerprint density at radius 2 is 1.70 bits per heavy atom. The summed E-state index contributed by atoms with van der Waals surface area (Å²) in [5.41, 5.74) is 1.80. The second-order valence-electron chi connectivity index (χ2n) is 9.37. The molecule has 2 aromatic rings. The maximum Gasteiger partial charge on any atom is 0.306 e. The highest BCUT2D eigenvalue weighted by atomic mass is 16.5. The van der Waals surface area contributed by atoms with Crippen LogP contribution in [0.3, 0.4) is 0 Å². The minimum Gasteiger partial charge on any atom is -0.497 e. The molecule has 2 fully saturated rings. The number of likely N-dealkylation sites (tertiary alicyclic amines) is 1. The van der Waals surface area contributed by atoms with E-state index in [1.807, 2.05) is 49.4 Å². The zero-order chi connectivity index (χ0) is 23.3. The maximum absolute atomic E-state index is 14.1. The summed E-state index contributed by atoms with van der Waals surface area (Å²) in [6.07, 6.45) is 6.01. The van der Waals surface area contributed by atoms with Crippen molar-refractivity contribution in [3.63, 3.8) is 0 Å². The van der Waals surface area contributed by atoms with Gasteiger partial charge in [-0.2, -0.15) is 0 Å². The first kappa shape index (κ1) is 23.3. The van der Waals surface area contributed by atoms with Crippen LogP contribution in [0.5, 0.6) is 5.75 Å². The van der Waals surface area contributed by atoms with E-state index in [1.165, 1.54) is 5.56 Å². The molecule has 1 heterocycles. The fourth-order valence-corrected chi connectivity index (χ4v) is 5.90. The van der Waals surface area contributed by atoms with Gasteiger partial charge in [-0.1, -0.05) is 61.7 Å². The first-order valence-electron chi connectivity index (χ1n) is 12.2. The van der Waals surface area contributed by atoms with Gasteiger partial charge in [-0.3, -0.25) is 9.59 Å². The van der Waals surface area contributed by atoms with Gasteiger partial charge in [-0.05, 0) is 49.4 Å². The average molecular weight is 450 g/mol. The molecule has 2 atom stereocenters. The highest BCUT2D eigenvalue weighted by Crippen LogP contribution is 2.53. The lowest BCUT2D eigenvalue weighted by Gasteiger charge is -2.37. The molecule has 0 N–H and O–H groups in total. The Bertz CT molecular complexity index is 934. The molecule has 2 aliphatic rings. The molecule has 1 saturated heterocycles. The summed E-state index contributed by atoms with van der Waals surface area (Å²) >= 11 is 0. The van der Waals surface area contributed by atoms with E-state index in [9.17, 15) is 9.59 Å². The van der Waals surface area contributed by atoms with Crippen molar-refractivity contribution in [1.82, 2.24) is 4.90 Å². The fraction of sp³-hybridized carbons (Fsp3) is 0.500. The molecule has 1 saturated carbocycles. The second-order valence-corrected chi connectivity index (χ2v) is 9.37. The monoisotopic (exact) mass is 449 g/mol. The standard InChI is InChI=1S/C28H35NO4/c1-3-33-26(30)19-24-25(18-21-10-6-4-7-11-21)29(20-22-12-14-23(32-2)15-13-22)27(31)28(24)16-8-5-9-17-28/h4,6-7,10-15,24-25H,3,5,8-9,16-20H2,1-2H3/t24-,25-/m0/s1. The first-order valence-corrected chi connectivity index (χ1v) is 12.2. The Kier molecular flexibility index (Phi) is 7.36. The molecule has 0 radical (unpaired) electrons. The number of rotatable bonds is 8. The highest BCUT2D eigenvalue weighted by Gasteiger charge is 2.58. The number of nitrogens with zero attached hydrogens (tertiary/aromatic N) is 1. The number of carbonyl (C=O) groups is 2. The van der Waals surface area contributed by atoms with Crippen LogP contribution in [-0.4, -0.2) is 36.5 Å². The van der Waals surface area contributed by atoms with Gasteiger partial charge >= 0.3 is 5.97 Å². The van der Waals surface area contributed by atoms with E-state index in [0.717, 1.165) is 49.8 Å². The molecule has 0 unspecified atom stereocenters. The van der Waals surface area contributed by atoms with Crippen molar-refractivity contribution >= 4 is 11.9 Å². The molecule has 1 spiro atoms. The number of carbonyl (C=O) groups excluding carboxylic acids is 2. The minimum atomic E-state index is -0.461. The Labute approximate surface area is 197 Å². The number of benzene rings is 2. The van der Waals surface area contributed by atoms with Gasteiger partial charge < -0.3 is 14.4 Å². The highest BCUT2D eigenvalue weighted by molar-refractivity contribution is 5.87. The number of hydrogen-bond acceptors (Lipinski definition) is 4. The molecule has 5 nitrogen and oxygen atoms in total. The van der Waals surface area contributed by atoms with Crippen LogP contribution in [0.2, 0.25) is 0 Å². The predicted molar refractivity (Wildman–Crippen MR) is 128 cm³/mol. The van der Waals surface area contributed by atoms with Crippen LogP contribution in [0.25, 0.3) is 0 Å². The summed E-state index contributed by atoms with van der Waals surface area (Å²) < 4.78 is 10.7. The zero-order valence-corrected chi connectivity index (χ0v) is 19.8. The Balaban J connectivity index is 1.70. The summed E-state index contributed by atoms with van der Waals surface area (Å²) in [5.74, 6) is 0.789. The molecule has 5 heteroatoms. The Hall–Kier alpha value is -2.82. The average Bonchev–Trinajstić information content (AvgIpc) is 3.03. The number of esters is 1. The van der Waals surface area contributed by atoms with Crippen molar-refractivity contribution in [2.75, 3.05) is 13.7 Å². The van der Waals surface area contributed by atoms with Crippen molar-refractivity contribution in [1.29, 1.82) is 0 Å². The van der Waals surface area contributed by atoms with Crippen molar-refractivity contribution in [3.8, 4) is 5.75 Å². The van der Waals surface area contributed by atoms with Crippen LogP contribution in [-0.2, 0) is 27.3 Å². The first-order chi connectivity index (χ1) is 16.1. The lowest BCUT2D eigenvalue weighted by Crippen LogP contribution is -2.39. The van der Waals surface area contributed by atoms with Crippen molar-refractivity contribution in [2.24, 2.45) is 11.3 Å². The van der Waals surface area contributed by atoms with Crippen LogP contribution < -0.4 is 4.74 Å². The smallest absolute Gasteiger partial charge is 0.306 e. The van der Waals surface area contributed by atoms with Crippen LogP contribution >= 0.6 is 0 Å². The van der Waals surface area contributed by atoms with E-state index in [1.54, 1.807) is 7.11 Å². The largest absolute Gasteiger partial charge is 0.497 e. The van der Waals surface area contributed by atoms with Crippen molar-refractivity contribution < 1.29 is 19.1 Å². The molecular formula is C28H35NO4. The number of hydrogen-bond donors (Lipinski definition) is 0. The summed E-state index contributed by atoms with van der Waals surface area (Å²) in [5, 5.41) is 0. The van der Waals surface area contributed by atoms with E-state index in [-0.39, 0.29) is 23.8 Å². The molecule has 1 aliphatic heterocycles. The zero-order valence-electron chi connectivity index (χ0n) is 19.8. The third kappa shape index (κ3) is 4.92. The van der Waals surface area contributed by atoms with Gasteiger partial charge in [0.25, 0.3) is 0 Å². The van der Waals surface area contributed by atoms with E-state index in [4.69, 9.17) is 9.47 Å². The van der Waals surface area contributed by atoms with Crippen LogP contribution in [0.1, 0.15) is 56.6 Å². The minimum absolute atomic E-state index is 0.0375. The molecular weight excluding hydrogens is 414 g/mol. The molecule has 33 heavy (non-hydrogen) atoms. The molecule has 2 aromatic carbocycles. The van der Waals surface area contributed by atoms with Crippen LogP contribution in [0.15, 0.2) is 54.6 Å². The summed E-state index contributed by atoms with van der Waals surface area (Å²) in [7, 11) is 1.65. The molecule has 0 aromatic heterocycles. The van der Waals surface area contributed by atoms with Gasteiger partial charge in [0.15, 0.2) is 0 Å². The molecule has 4 rings (SSSR count). The summed E-state index contributed by atoms with van der Waals surface area (Å²) in [6.45, 7) is 2.75. The van der Waals surface area contributed by atoms with Gasteiger partial charge in [0.2, 0.25) is 5.91 Å². The van der Waals surface area contributed by atoms with E-state index in [2.05, 4.69) is 17.0 Å². The summed E-state index contributed by atoms with van der Waals surface area (Å²) in [6, 6.07) is 18.2. The lowest BCUT2D eigenvalue weighted by molar-refractivity contribution is -0.146. The third-order valence-electron chi connectivity index (χ3n) is 7.50. The van der Waals surface area contributed by atoms with Crippen molar-refractivity contribution in [3.05, 3.63) is 65.7 Å². The van der Waals surface area contributed by atoms with Gasteiger partial charge in [0.05, 0.1) is 25.6 Å². The van der Waals surface area contributed by atoms with Gasteiger partial charge in [-0.15, -0.1) is 0 Å². The fourth-order valence-electron chi connectivity index (χ4n) is 5.90. The number of methoxy groups -OCH3 is 1. The molecule has 1 aliphatic carbocycles. The Morgan fingerprint density at radius 1 is 1.00 bits per heavy atom. The predicted octanol–water partition coefficient (Wildman–Crippen LogP) is 5.17. The topological polar surface area (TPSA) is 55.8 Å². The second kappa shape index (κ2) is 10.4.